The van der Waals surface area contributed by atoms with Crippen LogP contribution in [0.1, 0.15) is 54.6 Å². The van der Waals surface area contributed by atoms with E-state index in [1.807, 2.05) is 13.0 Å². The van der Waals surface area contributed by atoms with E-state index in [0.717, 1.165) is 37.4 Å². The molecule has 0 spiro atoms. The molecule has 3 heterocycles. The molecule has 3 rings (SSSR count). The van der Waals surface area contributed by atoms with Crippen LogP contribution >= 0.6 is 0 Å². The largest absolute Gasteiger partial charge is 0.456 e. The van der Waals surface area contributed by atoms with Crippen LogP contribution < -0.4 is 5.32 Å². The first-order valence-electron chi connectivity index (χ1n) is 8.63. The van der Waals surface area contributed by atoms with Gasteiger partial charge in [0.05, 0.1) is 6.04 Å². The summed E-state index contributed by atoms with van der Waals surface area (Å²) >= 11 is 0. The Balaban J connectivity index is 1.60. The zero-order valence-corrected chi connectivity index (χ0v) is 14.4. The molecule has 7 nitrogen and oxygen atoms in total. The quantitative estimate of drug-likeness (QED) is 0.840. The maximum absolute atomic E-state index is 12.4. The van der Waals surface area contributed by atoms with Gasteiger partial charge in [-0.2, -0.15) is 5.10 Å². The third-order valence-electron chi connectivity index (χ3n) is 4.48. The minimum Gasteiger partial charge on any atom is -0.456 e. The van der Waals surface area contributed by atoms with Gasteiger partial charge in [0.1, 0.15) is 18.4 Å². The van der Waals surface area contributed by atoms with Crippen LogP contribution in [-0.4, -0.2) is 45.2 Å². The molecule has 1 aliphatic rings. The number of nitrogens with one attached hydrogen (secondary N) is 1. The second-order valence-electron chi connectivity index (χ2n) is 6.33. The van der Waals surface area contributed by atoms with Crippen molar-refractivity contribution in [2.75, 3.05) is 19.6 Å². The minimum atomic E-state index is -0.177. The topological polar surface area (TPSA) is 76.2 Å². The van der Waals surface area contributed by atoms with Gasteiger partial charge in [0.2, 0.25) is 0 Å². The first-order chi connectivity index (χ1) is 11.7. The molecule has 2 aromatic heterocycles. The highest BCUT2D eigenvalue weighted by atomic mass is 16.4. The van der Waals surface area contributed by atoms with E-state index in [2.05, 4.69) is 27.2 Å². The van der Waals surface area contributed by atoms with Gasteiger partial charge in [0.25, 0.3) is 5.91 Å². The first-order valence-corrected chi connectivity index (χ1v) is 8.63. The summed E-state index contributed by atoms with van der Waals surface area (Å²) in [5, 5.41) is 6.99. The van der Waals surface area contributed by atoms with E-state index in [4.69, 9.17) is 4.42 Å². The molecule has 1 saturated heterocycles. The number of hydrogen-bond acceptors (Lipinski definition) is 5. The molecule has 0 unspecified atom stereocenters. The van der Waals surface area contributed by atoms with Gasteiger partial charge < -0.3 is 9.73 Å². The van der Waals surface area contributed by atoms with Crippen molar-refractivity contribution in [3.63, 3.8) is 0 Å². The molecule has 0 aromatic carbocycles. The van der Waals surface area contributed by atoms with E-state index in [1.165, 1.54) is 19.2 Å². The second-order valence-corrected chi connectivity index (χ2v) is 6.33. The molecule has 1 fully saturated rings. The molecule has 130 valence electrons. The number of likely N-dealkylation sites (tertiary alicyclic amines) is 1. The molecule has 1 N–H and O–H groups in total. The Kier molecular flexibility index (Phi) is 5.30. The van der Waals surface area contributed by atoms with E-state index in [9.17, 15) is 4.79 Å². The van der Waals surface area contributed by atoms with E-state index in [0.29, 0.717) is 12.3 Å². The fourth-order valence-corrected chi connectivity index (χ4v) is 3.06. The lowest BCUT2D eigenvalue weighted by atomic mass is 10.2. The van der Waals surface area contributed by atoms with Crippen LogP contribution in [0.4, 0.5) is 0 Å². The molecule has 1 aliphatic heterocycles. The summed E-state index contributed by atoms with van der Waals surface area (Å²) in [6.07, 6.45) is 6.45. The maximum atomic E-state index is 12.4. The number of rotatable bonds is 7. The Morgan fingerprint density at radius 3 is 2.88 bits per heavy atom. The Morgan fingerprint density at radius 2 is 2.21 bits per heavy atom. The molecule has 24 heavy (non-hydrogen) atoms. The molecule has 2 aromatic rings. The van der Waals surface area contributed by atoms with Crippen LogP contribution in [0, 0.1) is 0 Å². The predicted octanol–water partition coefficient (Wildman–Crippen LogP) is 2.02. The van der Waals surface area contributed by atoms with Gasteiger partial charge in [0, 0.05) is 25.1 Å². The van der Waals surface area contributed by atoms with Crippen molar-refractivity contribution in [3.8, 4) is 0 Å². The molecular weight excluding hydrogens is 306 g/mol. The first kappa shape index (κ1) is 16.7. The molecule has 0 saturated carbocycles. The van der Waals surface area contributed by atoms with Crippen molar-refractivity contribution in [1.29, 1.82) is 0 Å². The van der Waals surface area contributed by atoms with Crippen LogP contribution in [0.5, 0.6) is 0 Å². The van der Waals surface area contributed by atoms with Gasteiger partial charge in [0.15, 0.2) is 5.76 Å². The average Bonchev–Trinajstić information content (AvgIpc) is 3.33. The van der Waals surface area contributed by atoms with Crippen molar-refractivity contribution < 1.29 is 9.21 Å². The lowest BCUT2D eigenvalue weighted by Gasteiger charge is -2.13. The number of carbonyl (C=O) groups is 1. The maximum Gasteiger partial charge on any atom is 0.287 e. The van der Waals surface area contributed by atoms with Crippen molar-refractivity contribution in [2.45, 2.75) is 45.7 Å². The highest BCUT2D eigenvalue weighted by Crippen LogP contribution is 2.20. The Bertz CT molecular complexity index is 659. The number of nitrogens with zero attached hydrogens (tertiary/aromatic N) is 4. The summed E-state index contributed by atoms with van der Waals surface area (Å²) in [7, 11) is 0. The van der Waals surface area contributed by atoms with Gasteiger partial charge in [-0.1, -0.05) is 6.92 Å². The SMILES string of the molecule is CCc1oc(C(=O)NC[C@@H](C)n2cncn2)cc1CN1CCCC1. The summed E-state index contributed by atoms with van der Waals surface area (Å²) in [5.41, 5.74) is 1.13. The minimum absolute atomic E-state index is 0.0427. The number of furan rings is 1. The number of aromatic nitrogens is 3. The Hall–Kier alpha value is -2.15. The normalized spacial score (nSPS) is 16.4. The van der Waals surface area contributed by atoms with Crippen LogP contribution in [0.2, 0.25) is 0 Å². The summed E-state index contributed by atoms with van der Waals surface area (Å²) in [5.74, 6) is 1.13. The van der Waals surface area contributed by atoms with Crippen molar-refractivity contribution in [1.82, 2.24) is 25.0 Å². The summed E-state index contributed by atoms with van der Waals surface area (Å²) in [4.78, 5) is 18.7. The molecule has 1 amide bonds. The fourth-order valence-electron chi connectivity index (χ4n) is 3.06. The highest BCUT2D eigenvalue weighted by molar-refractivity contribution is 5.91. The van der Waals surface area contributed by atoms with Gasteiger partial charge in [-0.3, -0.25) is 9.69 Å². The zero-order chi connectivity index (χ0) is 16.9. The van der Waals surface area contributed by atoms with Gasteiger partial charge >= 0.3 is 0 Å². The van der Waals surface area contributed by atoms with E-state index < -0.39 is 0 Å². The zero-order valence-electron chi connectivity index (χ0n) is 14.4. The number of aryl methyl sites for hydroxylation is 1. The van der Waals surface area contributed by atoms with Crippen LogP contribution in [0.15, 0.2) is 23.1 Å². The molecule has 0 aliphatic carbocycles. The Labute approximate surface area is 142 Å². The van der Waals surface area contributed by atoms with Crippen LogP contribution in [0.25, 0.3) is 0 Å². The van der Waals surface area contributed by atoms with Crippen LogP contribution in [0.3, 0.4) is 0 Å². The monoisotopic (exact) mass is 331 g/mol. The smallest absolute Gasteiger partial charge is 0.287 e. The number of carbonyl (C=O) groups excluding carboxylic acids is 1. The lowest BCUT2D eigenvalue weighted by Crippen LogP contribution is -2.29. The lowest BCUT2D eigenvalue weighted by molar-refractivity contribution is 0.0918. The Morgan fingerprint density at radius 1 is 1.42 bits per heavy atom. The molecule has 1 atom stereocenters. The predicted molar refractivity (Wildman–Crippen MR) is 89.7 cm³/mol. The molecule has 7 heteroatoms. The van der Waals surface area contributed by atoms with E-state index in [-0.39, 0.29) is 11.9 Å². The van der Waals surface area contributed by atoms with Crippen LogP contribution in [-0.2, 0) is 13.0 Å². The third kappa shape index (κ3) is 3.84. The number of amides is 1. The van der Waals surface area contributed by atoms with Crippen molar-refractivity contribution in [3.05, 3.63) is 35.8 Å². The van der Waals surface area contributed by atoms with E-state index in [1.54, 1.807) is 11.0 Å². The molecule has 0 radical (unpaired) electrons. The van der Waals surface area contributed by atoms with Gasteiger partial charge in [-0.25, -0.2) is 9.67 Å². The third-order valence-corrected chi connectivity index (χ3v) is 4.48. The molecule has 0 bridgehead atoms. The van der Waals surface area contributed by atoms with Crippen molar-refractivity contribution in [2.24, 2.45) is 0 Å². The fraction of sp³-hybridized carbons (Fsp3) is 0.588. The van der Waals surface area contributed by atoms with E-state index >= 15 is 0 Å². The second kappa shape index (κ2) is 7.61. The average molecular weight is 331 g/mol. The molecular formula is C17H25N5O2. The number of hydrogen-bond donors (Lipinski definition) is 1. The standard InChI is InChI=1S/C17H25N5O2/c1-3-15-14(10-21-6-4-5-7-21)8-16(24-15)17(23)19-9-13(2)22-12-18-11-20-22/h8,11-13H,3-7,9-10H2,1-2H3,(H,19,23)/t13-/m1/s1. The summed E-state index contributed by atoms with van der Waals surface area (Å²) in [6.45, 7) is 7.64. The van der Waals surface area contributed by atoms with Gasteiger partial charge in [-0.15, -0.1) is 0 Å². The highest BCUT2D eigenvalue weighted by Gasteiger charge is 2.20. The summed E-state index contributed by atoms with van der Waals surface area (Å²) < 4.78 is 7.51. The van der Waals surface area contributed by atoms with Gasteiger partial charge in [-0.05, 0) is 38.9 Å². The van der Waals surface area contributed by atoms with Crippen molar-refractivity contribution >= 4 is 5.91 Å². The summed E-state index contributed by atoms with van der Waals surface area (Å²) in [6, 6.07) is 1.94.